The summed E-state index contributed by atoms with van der Waals surface area (Å²) in [6, 6.07) is 5.17. The highest BCUT2D eigenvalue weighted by Crippen LogP contribution is 2.42. The van der Waals surface area contributed by atoms with Gasteiger partial charge in [-0.1, -0.05) is 0 Å². The number of likely N-dealkylation sites (tertiary alicyclic amines) is 1. The maximum atomic E-state index is 14.3. The van der Waals surface area contributed by atoms with Gasteiger partial charge in [0.15, 0.2) is 6.61 Å². The van der Waals surface area contributed by atoms with Crippen LogP contribution in [0, 0.1) is 23.7 Å². The van der Waals surface area contributed by atoms with Crippen LogP contribution >= 0.6 is 0 Å². The van der Waals surface area contributed by atoms with Crippen LogP contribution in [0.3, 0.4) is 0 Å². The molecule has 53 heavy (non-hydrogen) atoms. The van der Waals surface area contributed by atoms with Crippen molar-refractivity contribution in [2.75, 3.05) is 46.3 Å². The molecule has 2 aliphatic carbocycles. The second-order valence-corrected chi connectivity index (χ2v) is 15.9. The monoisotopic (exact) mass is 742 g/mol. The largest absolute Gasteiger partial charge is 0.450 e. The van der Waals surface area contributed by atoms with Crippen molar-refractivity contribution in [2.24, 2.45) is 23.7 Å². The second kappa shape index (κ2) is 17.3. The van der Waals surface area contributed by atoms with E-state index in [1.807, 2.05) is 0 Å². The average molecular weight is 743 g/mol. The van der Waals surface area contributed by atoms with E-state index in [2.05, 4.69) is 10.6 Å². The van der Waals surface area contributed by atoms with Gasteiger partial charge in [0.25, 0.3) is 5.91 Å². The average Bonchev–Trinajstić information content (AvgIpc) is 3.77. The second-order valence-electron chi connectivity index (χ2n) is 15.9. The molecule has 2 heterocycles. The zero-order valence-electron chi connectivity index (χ0n) is 31.8. The van der Waals surface area contributed by atoms with E-state index in [1.165, 1.54) is 11.0 Å². The van der Waals surface area contributed by atoms with Crippen molar-refractivity contribution in [3.8, 4) is 0 Å². The number of carbonyl (C=O) groups excluding carboxylic acids is 5. The fourth-order valence-electron chi connectivity index (χ4n) is 8.16. The summed E-state index contributed by atoms with van der Waals surface area (Å²) in [5.41, 5.74) is 0.198. The third-order valence-corrected chi connectivity index (χ3v) is 11.0. The number of hydrogen-bond donors (Lipinski definition) is 2. The molecule has 0 radical (unpaired) electrons. The van der Waals surface area contributed by atoms with Crippen molar-refractivity contribution in [1.29, 1.82) is 0 Å². The third kappa shape index (κ3) is 10.1. The summed E-state index contributed by atoms with van der Waals surface area (Å²) in [5.74, 6) is -1.73. The molecular weight excluding hydrogens is 687 g/mol. The molecule has 13 nitrogen and oxygen atoms in total. The number of anilines is 1. The van der Waals surface area contributed by atoms with Crippen LogP contribution in [0.25, 0.3) is 11.0 Å². The number of benzene rings is 1. The van der Waals surface area contributed by atoms with Crippen LogP contribution in [-0.2, 0) is 28.6 Å². The van der Waals surface area contributed by atoms with Crippen LogP contribution in [0.4, 0.5) is 14.9 Å². The van der Waals surface area contributed by atoms with E-state index in [0.717, 1.165) is 25.7 Å². The Morgan fingerprint density at radius 2 is 1.68 bits per heavy atom. The number of amides is 4. The minimum Gasteiger partial charge on any atom is -0.450 e. The molecule has 3 fully saturated rings. The number of likely N-dealkylation sites (N-methyl/N-ethyl adjacent to an activating group) is 1. The lowest BCUT2D eigenvalue weighted by atomic mass is 9.75. The van der Waals surface area contributed by atoms with Crippen LogP contribution in [0.15, 0.2) is 28.7 Å². The standard InChI is InChI=1S/C39H55FN4O9/c1-39(2,3)53-38(49)42-30(21-40)24-7-9-25(10-8-24)36(47)44-18-17-29(23-11-14-28(50-6)15-12-23)34(44)35(46)41-27-13-16-31-26(19-27)20-32(52-31)37(48)51-22-33(45)43(4)5/h13,16,19-20,23-25,28-30,34H,7-12,14-15,17-18,21-22H2,1-6H3,(H,41,46)(H,42,49)/t23?,24?,25?,28?,29-,30+,34+/m0/s1. The summed E-state index contributed by atoms with van der Waals surface area (Å²) in [5, 5.41) is 6.29. The molecular formula is C39H55FN4O9. The highest BCUT2D eigenvalue weighted by Gasteiger charge is 2.47. The zero-order chi connectivity index (χ0) is 38.4. The Labute approximate surface area is 310 Å². The molecule has 0 spiro atoms. The number of fused-ring (bicyclic) bond motifs is 1. The molecule has 0 bridgehead atoms. The van der Waals surface area contributed by atoms with Gasteiger partial charge in [-0.15, -0.1) is 0 Å². The number of nitrogens with one attached hydrogen (secondary N) is 2. The normalized spacial score (nSPS) is 25.4. The third-order valence-electron chi connectivity index (χ3n) is 11.0. The Bertz CT molecular complexity index is 1620. The summed E-state index contributed by atoms with van der Waals surface area (Å²) in [7, 11) is 4.85. The van der Waals surface area contributed by atoms with E-state index in [-0.39, 0.29) is 53.3 Å². The van der Waals surface area contributed by atoms with Crippen LogP contribution in [-0.4, -0.2) is 104 Å². The summed E-state index contributed by atoms with van der Waals surface area (Å²) in [6.07, 6.45) is 6.11. The lowest BCUT2D eigenvalue weighted by Gasteiger charge is -2.38. The minimum absolute atomic E-state index is 0.0223. The fourth-order valence-corrected chi connectivity index (χ4v) is 8.16. The number of alkyl carbamates (subject to hydrolysis) is 1. The smallest absolute Gasteiger partial charge is 0.407 e. The van der Waals surface area contributed by atoms with Gasteiger partial charge in [0.05, 0.1) is 12.1 Å². The highest BCUT2D eigenvalue weighted by molar-refractivity contribution is 6.00. The molecule has 3 atom stereocenters. The van der Waals surface area contributed by atoms with E-state index < -0.39 is 43.0 Å². The first-order valence-corrected chi connectivity index (χ1v) is 18.8. The molecule has 3 aliphatic rings. The van der Waals surface area contributed by atoms with Crippen molar-refractivity contribution in [2.45, 2.75) is 102 Å². The molecule has 5 rings (SSSR count). The van der Waals surface area contributed by atoms with E-state index in [9.17, 15) is 28.4 Å². The quantitative estimate of drug-likeness (QED) is 0.276. The first kappa shape index (κ1) is 40.0. The molecule has 1 aromatic carbocycles. The van der Waals surface area contributed by atoms with Gasteiger partial charge in [-0.25, -0.2) is 14.0 Å². The van der Waals surface area contributed by atoms with Gasteiger partial charge in [0, 0.05) is 44.7 Å². The first-order chi connectivity index (χ1) is 25.2. The molecule has 1 aromatic heterocycles. The number of esters is 1. The number of halogens is 1. The molecule has 2 saturated carbocycles. The summed E-state index contributed by atoms with van der Waals surface area (Å²) >= 11 is 0. The maximum Gasteiger partial charge on any atom is 0.407 e. The number of alkyl halides is 1. The van der Waals surface area contributed by atoms with Gasteiger partial charge in [-0.3, -0.25) is 14.4 Å². The Morgan fingerprint density at radius 3 is 2.30 bits per heavy atom. The van der Waals surface area contributed by atoms with Crippen LogP contribution < -0.4 is 10.6 Å². The number of nitrogens with zero attached hydrogens (tertiary/aromatic N) is 2. The van der Waals surface area contributed by atoms with E-state index in [4.69, 9.17) is 18.6 Å². The Kier molecular flexibility index (Phi) is 13.1. The van der Waals surface area contributed by atoms with Crippen LogP contribution in [0.5, 0.6) is 0 Å². The molecule has 2 aromatic rings. The number of methoxy groups -OCH3 is 1. The van der Waals surface area contributed by atoms with Gasteiger partial charge < -0.3 is 39.1 Å². The lowest BCUT2D eigenvalue weighted by Crippen LogP contribution is -2.50. The van der Waals surface area contributed by atoms with Crippen molar-refractivity contribution >= 4 is 46.4 Å². The van der Waals surface area contributed by atoms with Gasteiger partial charge in [0.1, 0.15) is 23.9 Å². The van der Waals surface area contributed by atoms with Gasteiger partial charge >= 0.3 is 12.1 Å². The van der Waals surface area contributed by atoms with Crippen molar-refractivity contribution < 1.29 is 47.0 Å². The molecule has 292 valence electrons. The van der Waals surface area contributed by atoms with Gasteiger partial charge in [-0.05, 0) is 121 Å². The van der Waals surface area contributed by atoms with Gasteiger partial charge in [0.2, 0.25) is 17.6 Å². The number of rotatable bonds is 11. The molecule has 1 aliphatic heterocycles. The molecule has 1 saturated heterocycles. The number of hydrogen-bond acceptors (Lipinski definition) is 9. The lowest BCUT2D eigenvalue weighted by molar-refractivity contribution is -0.142. The Hall–Kier alpha value is -4.20. The summed E-state index contributed by atoms with van der Waals surface area (Å²) < 4.78 is 35.8. The predicted molar refractivity (Wildman–Crippen MR) is 195 cm³/mol. The Morgan fingerprint density at radius 1 is 0.981 bits per heavy atom. The number of ether oxygens (including phenoxy) is 3. The molecule has 0 unspecified atom stereocenters. The Balaban J connectivity index is 1.27. The molecule has 2 N–H and O–H groups in total. The van der Waals surface area contributed by atoms with E-state index in [1.54, 1.807) is 65.1 Å². The van der Waals surface area contributed by atoms with Gasteiger partial charge in [-0.2, -0.15) is 0 Å². The topological polar surface area (TPSA) is 157 Å². The van der Waals surface area contributed by atoms with E-state index in [0.29, 0.717) is 55.3 Å². The first-order valence-electron chi connectivity index (χ1n) is 18.8. The SMILES string of the molecule is COC1CCC([C@@H]2CCN(C(=O)C3CCC([C@@H](CF)NC(=O)OC(C)(C)C)CC3)[C@H]2C(=O)Nc2ccc3oc(C(=O)OCC(=O)N(C)C)cc3c2)CC1. The number of furan rings is 1. The molecule has 4 amide bonds. The zero-order valence-corrected chi connectivity index (χ0v) is 31.8. The summed E-state index contributed by atoms with van der Waals surface area (Å²) in [4.78, 5) is 68.3. The molecule has 14 heteroatoms. The fraction of sp³-hybridized carbons (Fsp3) is 0.667. The minimum atomic E-state index is -0.776. The van der Waals surface area contributed by atoms with E-state index >= 15 is 0 Å². The predicted octanol–water partition coefficient (Wildman–Crippen LogP) is 5.71. The van der Waals surface area contributed by atoms with Crippen LogP contribution in [0.2, 0.25) is 0 Å². The highest BCUT2D eigenvalue weighted by atomic mass is 19.1. The maximum absolute atomic E-state index is 14.3. The van der Waals surface area contributed by atoms with Crippen LogP contribution in [0.1, 0.15) is 89.1 Å². The summed E-state index contributed by atoms with van der Waals surface area (Å²) in [6.45, 7) is 4.59. The van der Waals surface area contributed by atoms with Crippen molar-refractivity contribution in [1.82, 2.24) is 15.1 Å². The number of carbonyl (C=O) groups is 5. The van der Waals surface area contributed by atoms with Crippen molar-refractivity contribution in [3.05, 3.63) is 30.0 Å². The van der Waals surface area contributed by atoms with Crippen molar-refractivity contribution in [3.63, 3.8) is 0 Å².